The quantitative estimate of drug-likeness (QED) is 0.705. The second kappa shape index (κ2) is 7.65. The second-order valence-electron chi connectivity index (χ2n) is 5.13. The van der Waals surface area contributed by atoms with Gasteiger partial charge < -0.3 is 16.4 Å². The number of nitrogens with one attached hydrogen (secondary N) is 2. The molecule has 0 aromatic heterocycles. The zero-order valence-electron chi connectivity index (χ0n) is 12.2. The average Bonchev–Trinajstić information content (AvgIpc) is 2.45. The van der Waals surface area contributed by atoms with Gasteiger partial charge in [-0.1, -0.05) is 44.2 Å². The number of amides is 2. The molecule has 0 bridgehead atoms. The van der Waals surface area contributed by atoms with Gasteiger partial charge in [0.1, 0.15) is 6.04 Å². The molecule has 0 aliphatic rings. The molecule has 20 heavy (non-hydrogen) atoms. The van der Waals surface area contributed by atoms with E-state index in [2.05, 4.69) is 10.6 Å². The summed E-state index contributed by atoms with van der Waals surface area (Å²) in [6.07, 6.45) is 0.442. The summed E-state index contributed by atoms with van der Waals surface area (Å²) in [7, 11) is 1.55. The van der Waals surface area contributed by atoms with Crippen molar-refractivity contribution in [1.82, 2.24) is 10.6 Å². The van der Waals surface area contributed by atoms with E-state index < -0.39 is 12.1 Å². The van der Waals surface area contributed by atoms with Gasteiger partial charge in [0.05, 0.1) is 6.04 Å². The average molecular weight is 277 g/mol. The van der Waals surface area contributed by atoms with Crippen LogP contribution in [0.2, 0.25) is 0 Å². The zero-order chi connectivity index (χ0) is 15.1. The summed E-state index contributed by atoms with van der Waals surface area (Å²) < 4.78 is 0. The van der Waals surface area contributed by atoms with Crippen LogP contribution >= 0.6 is 0 Å². The summed E-state index contributed by atoms with van der Waals surface area (Å²) in [5.41, 5.74) is 6.79. The summed E-state index contributed by atoms with van der Waals surface area (Å²) in [5.74, 6) is -0.500. The van der Waals surface area contributed by atoms with Gasteiger partial charge in [0.2, 0.25) is 11.8 Å². The Balaban J connectivity index is 2.75. The molecule has 4 N–H and O–H groups in total. The van der Waals surface area contributed by atoms with E-state index in [4.69, 9.17) is 5.73 Å². The third-order valence-corrected chi connectivity index (χ3v) is 3.18. The maximum Gasteiger partial charge on any atom is 0.242 e. The van der Waals surface area contributed by atoms with Crippen molar-refractivity contribution >= 4 is 11.8 Å². The van der Waals surface area contributed by atoms with E-state index in [1.54, 1.807) is 7.05 Å². The lowest BCUT2D eigenvalue weighted by Gasteiger charge is -2.21. The summed E-state index contributed by atoms with van der Waals surface area (Å²) >= 11 is 0. The number of likely N-dealkylation sites (N-methyl/N-ethyl adjacent to an activating group) is 1. The van der Waals surface area contributed by atoms with E-state index in [1.807, 2.05) is 44.2 Å². The first kappa shape index (κ1) is 16.2. The smallest absolute Gasteiger partial charge is 0.242 e. The molecule has 1 aromatic rings. The number of carbonyl (C=O) groups excluding carboxylic acids is 2. The summed E-state index contributed by atoms with van der Waals surface area (Å²) in [6, 6.07) is 8.33. The van der Waals surface area contributed by atoms with Gasteiger partial charge in [-0.25, -0.2) is 0 Å². The molecule has 110 valence electrons. The van der Waals surface area contributed by atoms with Gasteiger partial charge in [-0.3, -0.25) is 9.59 Å². The summed E-state index contributed by atoms with van der Waals surface area (Å²) in [4.78, 5) is 23.9. The predicted molar refractivity (Wildman–Crippen MR) is 79.0 cm³/mol. The normalized spacial score (nSPS) is 13.7. The Labute approximate surface area is 119 Å². The number of hydrogen-bond donors (Lipinski definition) is 3. The number of hydrogen-bond acceptors (Lipinski definition) is 3. The first-order valence-electron chi connectivity index (χ1n) is 6.77. The number of nitrogens with two attached hydrogens (primary N) is 1. The van der Waals surface area contributed by atoms with Crippen molar-refractivity contribution in [3.05, 3.63) is 35.9 Å². The molecule has 0 spiro atoms. The van der Waals surface area contributed by atoms with Crippen LogP contribution in [0.15, 0.2) is 30.3 Å². The van der Waals surface area contributed by atoms with Crippen molar-refractivity contribution in [3.63, 3.8) is 0 Å². The van der Waals surface area contributed by atoms with Crippen molar-refractivity contribution < 1.29 is 9.59 Å². The van der Waals surface area contributed by atoms with E-state index in [-0.39, 0.29) is 17.7 Å². The lowest BCUT2D eigenvalue weighted by atomic mass is 10.0. The Bertz CT molecular complexity index is 446. The Morgan fingerprint density at radius 2 is 1.75 bits per heavy atom. The third-order valence-electron chi connectivity index (χ3n) is 3.18. The number of carbonyl (C=O) groups is 2. The molecule has 5 heteroatoms. The molecular weight excluding hydrogens is 254 g/mol. The van der Waals surface area contributed by atoms with Gasteiger partial charge in [-0.05, 0) is 11.5 Å². The molecule has 0 heterocycles. The van der Waals surface area contributed by atoms with Gasteiger partial charge in [-0.15, -0.1) is 0 Å². The van der Waals surface area contributed by atoms with Gasteiger partial charge in [-0.2, -0.15) is 0 Å². The molecule has 0 aliphatic heterocycles. The van der Waals surface area contributed by atoms with Gasteiger partial charge in [0, 0.05) is 13.5 Å². The fourth-order valence-electron chi connectivity index (χ4n) is 1.80. The molecule has 2 amide bonds. The Morgan fingerprint density at radius 3 is 2.25 bits per heavy atom. The summed E-state index contributed by atoms with van der Waals surface area (Å²) in [5, 5.41) is 5.29. The van der Waals surface area contributed by atoms with Crippen molar-refractivity contribution in [2.75, 3.05) is 7.05 Å². The standard InChI is InChI=1S/C15H23N3O2/c1-10(2)13(16)15(20)18-12(14(19)17-3)9-11-7-5-4-6-8-11/h4-8,10,12-13H,9,16H2,1-3H3,(H,17,19)(H,18,20)/t12-,13-/m1/s1. The highest BCUT2D eigenvalue weighted by Crippen LogP contribution is 2.05. The van der Waals surface area contributed by atoms with Gasteiger partial charge in [0.25, 0.3) is 0 Å². The maximum absolute atomic E-state index is 12.0. The molecule has 1 aromatic carbocycles. The largest absolute Gasteiger partial charge is 0.357 e. The van der Waals surface area contributed by atoms with Crippen molar-refractivity contribution in [2.24, 2.45) is 11.7 Å². The van der Waals surface area contributed by atoms with Crippen molar-refractivity contribution in [3.8, 4) is 0 Å². The van der Waals surface area contributed by atoms with Crippen LogP contribution in [0, 0.1) is 5.92 Å². The van der Waals surface area contributed by atoms with Crippen LogP contribution in [-0.4, -0.2) is 30.9 Å². The van der Waals surface area contributed by atoms with E-state index in [9.17, 15) is 9.59 Å². The van der Waals surface area contributed by atoms with Crippen LogP contribution in [-0.2, 0) is 16.0 Å². The topological polar surface area (TPSA) is 84.2 Å². The zero-order valence-corrected chi connectivity index (χ0v) is 12.2. The van der Waals surface area contributed by atoms with E-state index >= 15 is 0 Å². The SMILES string of the molecule is CNC(=O)[C@@H](Cc1ccccc1)NC(=O)[C@H](N)C(C)C. The van der Waals surface area contributed by atoms with Crippen molar-refractivity contribution in [2.45, 2.75) is 32.4 Å². The minimum atomic E-state index is -0.613. The minimum Gasteiger partial charge on any atom is -0.357 e. The lowest BCUT2D eigenvalue weighted by molar-refractivity contribution is -0.129. The molecule has 5 nitrogen and oxygen atoms in total. The van der Waals surface area contributed by atoms with Gasteiger partial charge in [0.15, 0.2) is 0 Å². The fourth-order valence-corrected chi connectivity index (χ4v) is 1.80. The molecule has 0 fully saturated rings. The first-order chi connectivity index (χ1) is 9.45. The van der Waals surface area contributed by atoms with Crippen molar-refractivity contribution in [1.29, 1.82) is 0 Å². The summed E-state index contributed by atoms with van der Waals surface area (Å²) in [6.45, 7) is 3.74. The highest BCUT2D eigenvalue weighted by atomic mass is 16.2. The molecule has 0 aliphatic carbocycles. The van der Waals surface area contributed by atoms with Crippen LogP contribution in [0.5, 0.6) is 0 Å². The molecule has 0 unspecified atom stereocenters. The number of benzene rings is 1. The van der Waals surface area contributed by atoms with Gasteiger partial charge >= 0.3 is 0 Å². The molecule has 2 atom stereocenters. The third kappa shape index (κ3) is 4.66. The minimum absolute atomic E-state index is 0.0251. The van der Waals surface area contributed by atoms with E-state index in [1.165, 1.54) is 0 Å². The van der Waals surface area contributed by atoms with Crippen LogP contribution < -0.4 is 16.4 Å². The Kier molecular flexibility index (Phi) is 6.18. The second-order valence-corrected chi connectivity index (χ2v) is 5.13. The fraction of sp³-hybridized carbons (Fsp3) is 0.467. The van der Waals surface area contributed by atoms with Crippen LogP contribution in [0.4, 0.5) is 0 Å². The van der Waals surface area contributed by atoms with Crippen LogP contribution in [0.1, 0.15) is 19.4 Å². The number of rotatable bonds is 6. The van der Waals surface area contributed by atoms with Crippen LogP contribution in [0.3, 0.4) is 0 Å². The Hall–Kier alpha value is -1.88. The van der Waals surface area contributed by atoms with Crippen LogP contribution in [0.25, 0.3) is 0 Å². The van der Waals surface area contributed by atoms with E-state index in [0.717, 1.165) is 5.56 Å². The molecule has 0 saturated carbocycles. The van der Waals surface area contributed by atoms with E-state index in [0.29, 0.717) is 6.42 Å². The molecule has 0 saturated heterocycles. The highest BCUT2D eigenvalue weighted by Gasteiger charge is 2.24. The highest BCUT2D eigenvalue weighted by molar-refractivity contribution is 5.89. The molecule has 0 radical (unpaired) electrons. The predicted octanol–water partition coefficient (Wildman–Crippen LogP) is 0.443. The first-order valence-corrected chi connectivity index (χ1v) is 6.77. The Morgan fingerprint density at radius 1 is 1.15 bits per heavy atom. The maximum atomic E-state index is 12.0. The lowest BCUT2D eigenvalue weighted by Crippen LogP contribution is -2.53. The monoisotopic (exact) mass is 277 g/mol. The molecule has 1 rings (SSSR count). The molecular formula is C15H23N3O2.